The molecule has 0 radical (unpaired) electrons. The molecule has 1 saturated heterocycles. The number of piperidine rings is 1. The first-order valence-electron chi connectivity index (χ1n) is 11.1. The van der Waals surface area contributed by atoms with Crippen LogP contribution in [0.4, 0.5) is 13.2 Å². The number of aliphatic hydroxyl groups excluding tert-OH is 1. The summed E-state index contributed by atoms with van der Waals surface area (Å²) < 4.78 is 43.7. The highest BCUT2D eigenvalue weighted by Crippen LogP contribution is 2.31. The number of nitrogens with one attached hydrogen (secondary N) is 2. The van der Waals surface area contributed by atoms with E-state index >= 15 is 0 Å². The minimum Gasteiger partial charge on any atom is -0.491 e. The molecule has 10 heteroatoms. The van der Waals surface area contributed by atoms with Crippen molar-refractivity contribution in [3.8, 4) is 5.75 Å². The standard InChI is InChI=1S/C22H35F3N4O2.HI/c1-3-5-11-29-12-9-18(10-13-29)28-21(26-4-2)27-15-19(30)16-31-20-8-6-7-17(14-20)22(23,24)25;/h6-8,14,18-19,30H,3-5,9-13,15-16H2,1-2H3,(H2,26,27,28);1H. The maximum Gasteiger partial charge on any atom is 0.416 e. The fraction of sp³-hybridized carbons (Fsp3) is 0.682. The van der Waals surface area contributed by atoms with Crippen LogP contribution in [0.3, 0.4) is 0 Å². The second-order valence-corrected chi connectivity index (χ2v) is 7.82. The number of rotatable bonds is 10. The summed E-state index contributed by atoms with van der Waals surface area (Å²) in [5, 5.41) is 16.8. The Morgan fingerprint density at radius 3 is 2.62 bits per heavy atom. The Morgan fingerprint density at radius 1 is 1.28 bits per heavy atom. The van der Waals surface area contributed by atoms with Gasteiger partial charge in [-0.25, -0.2) is 0 Å². The average molecular weight is 572 g/mol. The molecule has 1 fully saturated rings. The van der Waals surface area contributed by atoms with Gasteiger partial charge in [-0.1, -0.05) is 19.4 Å². The molecule has 1 atom stereocenters. The minimum absolute atomic E-state index is 0. The van der Waals surface area contributed by atoms with Crippen LogP contribution in [0.2, 0.25) is 0 Å². The lowest BCUT2D eigenvalue weighted by Crippen LogP contribution is -2.49. The quantitative estimate of drug-likeness (QED) is 0.226. The zero-order chi connectivity index (χ0) is 22.7. The second kappa shape index (κ2) is 14.8. The number of benzene rings is 1. The number of nitrogens with zero attached hydrogens (tertiary/aromatic N) is 2. The van der Waals surface area contributed by atoms with E-state index in [2.05, 4.69) is 27.4 Å². The molecule has 0 spiro atoms. The van der Waals surface area contributed by atoms with Crippen molar-refractivity contribution in [3.05, 3.63) is 29.8 Å². The van der Waals surface area contributed by atoms with Gasteiger partial charge in [-0.15, -0.1) is 24.0 Å². The van der Waals surface area contributed by atoms with Gasteiger partial charge in [0.15, 0.2) is 5.96 Å². The molecule has 1 heterocycles. The van der Waals surface area contributed by atoms with Crippen molar-refractivity contribution < 1.29 is 23.0 Å². The summed E-state index contributed by atoms with van der Waals surface area (Å²) in [6.45, 7) is 8.08. The lowest BCUT2D eigenvalue weighted by atomic mass is 10.0. The van der Waals surface area contributed by atoms with Crippen LogP contribution in [0.5, 0.6) is 5.75 Å². The Bertz CT molecular complexity index is 683. The first-order valence-corrected chi connectivity index (χ1v) is 11.1. The highest BCUT2D eigenvalue weighted by Gasteiger charge is 2.30. The van der Waals surface area contributed by atoms with Gasteiger partial charge in [0.2, 0.25) is 0 Å². The van der Waals surface area contributed by atoms with Gasteiger partial charge >= 0.3 is 6.18 Å². The van der Waals surface area contributed by atoms with Crippen LogP contribution in [-0.2, 0) is 6.18 Å². The molecule has 1 aliphatic rings. The fourth-order valence-corrected chi connectivity index (χ4v) is 3.40. The smallest absolute Gasteiger partial charge is 0.416 e. The molecule has 0 amide bonds. The molecule has 1 aromatic rings. The topological polar surface area (TPSA) is 69.1 Å². The molecule has 3 N–H and O–H groups in total. The number of guanidine groups is 1. The molecular weight excluding hydrogens is 536 g/mol. The van der Waals surface area contributed by atoms with Crippen LogP contribution >= 0.6 is 24.0 Å². The van der Waals surface area contributed by atoms with E-state index in [1.54, 1.807) is 0 Å². The predicted octanol–water partition coefficient (Wildman–Crippen LogP) is 3.88. The van der Waals surface area contributed by atoms with Gasteiger partial charge in [0, 0.05) is 25.7 Å². The van der Waals surface area contributed by atoms with Gasteiger partial charge < -0.3 is 25.4 Å². The van der Waals surface area contributed by atoms with Crippen LogP contribution in [0.1, 0.15) is 45.1 Å². The molecule has 0 saturated carbocycles. The van der Waals surface area contributed by atoms with Crippen LogP contribution in [0.25, 0.3) is 0 Å². The predicted molar refractivity (Wildman–Crippen MR) is 132 cm³/mol. The number of aliphatic hydroxyl groups is 1. The second-order valence-electron chi connectivity index (χ2n) is 7.82. The van der Waals surface area contributed by atoms with Crippen LogP contribution < -0.4 is 15.4 Å². The number of hydrogen-bond acceptors (Lipinski definition) is 4. The summed E-state index contributed by atoms with van der Waals surface area (Å²) in [7, 11) is 0. The summed E-state index contributed by atoms with van der Waals surface area (Å²) in [6.07, 6.45) is -0.857. The van der Waals surface area contributed by atoms with E-state index in [1.807, 2.05) is 6.92 Å². The summed E-state index contributed by atoms with van der Waals surface area (Å²) in [4.78, 5) is 6.90. The average Bonchev–Trinajstić information content (AvgIpc) is 2.75. The third-order valence-corrected chi connectivity index (χ3v) is 5.16. The van der Waals surface area contributed by atoms with Crippen molar-refractivity contribution in [2.45, 2.75) is 57.9 Å². The van der Waals surface area contributed by atoms with E-state index < -0.39 is 17.8 Å². The molecule has 32 heavy (non-hydrogen) atoms. The maximum atomic E-state index is 12.8. The Hall–Kier alpha value is -1.27. The number of unbranched alkanes of at least 4 members (excludes halogenated alkanes) is 1. The zero-order valence-corrected chi connectivity index (χ0v) is 21.2. The Balaban J connectivity index is 0.00000512. The lowest BCUT2D eigenvalue weighted by molar-refractivity contribution is -0.137. The Labute approximate surface area is 206 Å². The molecular formula is C22H36F3IN4O2. The summed E-state index contributed by atoms with van der Waals surface area (Å²) >= 11 is 0. The summed E-state index contributed by atoms with van der Waals surface area (Å²) in [5.41, 5.74) is -0.781. The zero-order valence-electron chi connectivity index (χ0n) is 18.8. The van der Waals surface area contributed by atoms with Crippen LogP contribution in [0, 0.1) is 0 Å². The van der Waals surface area contributed by atoms with E-state index in [1.165, 1.54) is 25.0 Å². The number of halogens is 4. The van der Waals surface area contributed by atoms with Crippen molar-refractivity contribution in [1.82, 2.24) is 15.5 Å². The van der Waals surface area contributed by atoms with E-state index in [0.29, 0.717) is 18.5 Å². The van der Waals surface area contributed by atoms with E-state index in [-0.39, 0.29) is 42.9 Å². The van der Waals surface area contributed by atoms with E-state index in [0.717, 1.165) is 44.6 Å². The number of ether oxygens (including phenoxy) is 1. The van der Waals surface area contributed by atoms with Gasteiger partial charge in [-0.3, -0.25) is 4.99 Å². The highest BCUT2D eigenvalue weighted by molar-refractivity contribution is 14.0. The van der Waals surface area contributed by atoms with Crippen LogP contribution in [0.15, 0.2) is 29.3 Å². The first kappa shape index (κ1) is 28.8. The monoisotopic (exact) mass is 572 g/mol. The maximum absolute atomic E-state index is 12.8. The number of likely N-dealkylation sites (tertiary alicyclic amines) is 1. The molecule has 6 nitrogen and oxygen atoms in total. The van der Waals surface area contributed by atoms with Gasteiger partial charge in [-0.2, -0.15) is 13.2 Å². The molecule has 184 valence electrons. The van der Waals surface area contributed by atoms with Gasteiger partial charge in [0.25, 0.3) is 0 Å². The van der Waals surface area contributed by atoms with Crippen molar-refractivity contribution in [2.75, 3.05) is 39.3 Å². The van der Waals surface area contributed by atoms with Crippen molar-refractivity contribution >= 4 is 29.9 Å². The summed E-state index contributed by atoms with van der Waals surface area (Å²) in [5.74, 6) is 0.699. The molecule has 1 aromatic carbocycles. The van der Waals surface area contributed by atoms with Gasteiger partial charge in [0.05, 0.1) is 12.1 Å². The van der Waals surface area contributed by atoms with Crippen molar-refractivity contribution in [1.29, 1.82) is 0 Å². The third-order valence-electron chi connectivity index (χ3n) is 5.16. The van der Waals surface area contributed by atoms with E-state index in [4.69, 9.17) is 4.74 Å². The summed E-state index contributed by atoms with van der Waals surface area (Å²) in [6, 6.07) is 4.95. The van der Waals surface area contributed by atoms with Gasteiger partial charge in [-0.05, 0) is 50.9 Å². The Morgan fingerprint density at radius 2 is 2.00 bits per heavy atom. The molecule has 1 unspecified atom stereocenters. The first-order chi connectivity index (χ1) is 14.8. The normalized spacial score (nSPS) is 16.9. The SMILES string of the molecule is CCCCN1CCC(NC(=NCC(O)COc2cccc(C(F)(F)F)c2)NCC)CC1.I. The van der Waals surface area contributed by atoms with Crippen molar-refractivity contribution in [3.63, 3.8) is 0 Å². The molecule has 1 aliphatic heterocycles. The third kappa shape index (κ3) is 10.6. The van der Waals surface area contributed by atoms with E-state index in [9.17, 15) is 18.3 Å². The largest absolute Gasteiger partial charge is 0.491 e. The Kier molecular flexibility index (Phi) is 13.3. The highest BCUT2D eigenvalue weighted by atomic mass is 127. The minimum atomic E-state index is -4.43. The molecule has 0 aromatic heterocycles. The molecule has 0 aliphatic carbocycles. The molecule has 0 bridgehead atoms. The number of aliphatic imine (C=N–C) groups is 1. The fourth-order valence-electron chi connectivity index (χ4n) is 3.40. The lowest BCUT2D eigenvalue weighted by Gasteiger charge is -2.33. The number of hydrogen-bond donors (Lipinski definition) is 3. The van der Waals surface area contributed by atoms with Gasteiger partial charge in [0.1, 0.15) is 18.5 Å². The molecule has 2 rings (SSSR count). The van der Waals surface area contributed by atoms with Crippen LogP contribution in [-0.4, -0.2) is 67.4 Å². The number of alkyl halides is 3. The van der Waals surface area contributed by atoms with Crippen molar-refractivity contribution in [2.24, 2.45) is 4.99 Å².